The van der Waals surface area contributed by atoms with Gasteiger partial charge in [0.15, 0.2) is 0 Å². The highest BCUT2D eigenvalue weighted by atomic mass is 16.2. The maximum atomic E-state index is 12.3. The molecular weight excluding hydrogens is 248 g/mol. The van der Waals surface area contributed by atoms with Crippen molar-refractivity contribution in [2.75, 3.05) is 19.6 Å². The second kappa shape index (κ2) is 8.66. The van der Waals surface area contributed by atoms with Gasteiger partial charge in [0.05, 0.1) is 0 Å². The molecule has 0 aliphatic carbocycles. The number of carbonyl (C=O) groups excluding carboxylic acids is 1. The van der Waals surface area contributed by atoms with Gasteiger partial charge < -0.3 is 10.2 Å². The van der Waals surface area contributed by atoms with Gasteiger partial charge in [-0.25, -0.2) is 0 Å². The van der Waals surface area contributed by atoms with E-state index in [0.29, 0.717) is 29.7 Å². The van der Waals surface area contributed by atoms with Crippen LogP contribution >= 0.6 is 0 Å². The Morgan fingerprint density at radius 2 is 1.95 bits per heavy atom. The highest BCUT2D eigenvalue weighted by molar-refractivity contribution is 5.76. The Hall–Kier alpha value is -0.570. The maximum Gasteiger partial charge on any atom is 0.222 e. The molecule has 1 saturated heterocycles. The second-order valence-corrected chi connectivity index (χ2v) is 6.98. The lowest BCUT2D eigenvalue weighted by Gasteiger charge is -2.30. The summed E-state index contributed by atoms with van der Waals surface area (Å²) in [6.45, 7) is 14.1. The van der Waals surface area contributed by atoms with Crippen molar-refractivity contribution in [2.45, 2.75) is 66.3 Å². The maximum absolute atomic E-state index is 12.3. The normalized spacial score (nSPS) is 22.4. The number of rotatable bonds is 7. The van der Waals surface area contributed by atoms with Crippen molar-refractivity contribution in [1.29, 1.82) is 0 Å². The van der Waals surface area contributed by atoms with Crippen molar-refractivity contribution in [2.24, 2.45) is 17.8 Å². The van der Waals surface area contributed by atoms with E-state index in [1.807, 2.05) is 0 Å². The Morgan fingerprint density at radius 1 is 1.25 bits per heavy atom. The molecule has 0 aromatic carbocycles. The Balaban J connectivity index is 2.57. The van der Waals surface area contributed by atoms with Crippen molar-refractivity contribution in [1.82, 2.24) is 10.2 Å². The zero-order valence-electron chi connectivity index (χ0n) is 14.1. The molecule has 1 amide bonds. The van der Waals surface area contributed by atoms with Crippen molar-refractivity contribution in [3.05, 3.63) is 0 Å². The summed E-state index contributed by atoms with van der Waals surface area (Å²) in [5, 5.41) is 3.60. The molecule has 1 aliphatic rings. The van der Waals surface area contributed by atoms with Gasteiger partial charge in [-0.1, -0.05) is 34.6 Å². The molecule has 0 aromatic rings. The van der Waals surface area contributed by atoms with E-state index in [1.165, 1.54) is 6.42 Å². The summed E-state index contributed by atoms with van der Waals surface area (Å²) in [5.41, 5.74) is 0. The van der Waals surface area contributed by atoms with Gasteiger partial charge in [-0.2, -0.15) is 0 Å². The molecule has 1 fully saturated rings. The quantitative estimate of drug-likeness (QED) is 0.777. The van der Waals surface area contributed by atoms with Crippen molar-refractivity contribution < 1.29 is 4.79 Å². The minimum absolute atomic E-state index is 0.358. The highest BCUT2D eigenvalue weighted by Crippen LogP contribution is 2.25. The average molecular weight is 282 g/mol. The largest absolute Gasteiger partial charge is 0.341 e. The first-order chi connectivity index (χ1) is 9.45. The van der Waals surface area contributed by atoms with E-state index in [2.05, 4.69) is 44.8 Å². The van der Waals surface area contributed by atoms with E-state index in [4.69, 9.17) is 0 Å². The predicted molar refractivity (Wildman–Crippen MR) is 85.7 cm³/mol. The van der Waals surface area contributed by atoms with E-state index >= 15 is 0 Å². The van der Waals surface area contributed by atoms with Crippen LogP contribution < -0.4 is 5.32 Å². The van der Waals surface area contributed by atoms with Gasteiger partial charge in [-0.05, 0) is 43.6 Å². The molecule has 20 heavy (non-hydrogen) atoms. The molecule has 1 rings (SSSR count). The van der Waals surface area contributed by atoms with E-state index in [0.717, 1.165) is 38.9 Å². The fourth-order valence-corrected chi connectivity index (χ4v) is 3.00. The third-order valence-electron chi connectivity index (χ3n) is 4.67. The Bertz CT molecular complexity index is 289. The lowest BCUT2D eigenvalue weighted by Crippen LogP contribution is -2.46. The fourth-order valence-electron chi connectivity index (χ4n) is 3.00. The van der Waals surface area contributed by atoms with Crippen LogP contribution in [0.15, 0.2) is 0 Å². The van der Waals surface area contributed by atoms with Gasteiger partial charge in [0.25, 0.3) is 0 Å². The van der Waals surface area contributed by atoms with E-state index in [9.17, 15) is 4.79 Å². The lowest BCUT2D eigenvalue weighted by molar-refractivity contribution is -0.131. The summed E-state index contributed by atoms with van der Waals surface area (Å²) in [4.78, 5) is 14.4. The first kappa shape index (κ1) is 17.5. The SMILES string of the molecule is CCCNC(CN1CCC(C(C)C)CCC1=O)C(C)C. The molecule has 2 atom stereocenters. The number of amides is 1. The molecule has 3 heteroatoms. The number of likely N-dealkylation sites (tertiary alicyclic amines) is 1. The van der Waals surface area contributed by atoms with E-state index in [1.54, 1.807) is 0 Å². The van der Waals surface area contributed by atoms with Gasteiger partial charge in [0.1, 0.15) is 0 Å². The van der Waals surface area contributed by atoms with Crippen molar-refractivity contribution in [3.8, 4) is 0 Å². The van der Waals surface area contributed by atoms with Crippen LogP contribution in [0.5, 0.6) is 0 Å². The van der Waals surface area contributed by atoms with E-state index < -0.39 is 0 Å². The summed E-state index contributed by atoms with van der Waals surface area (Å²) in [6.07, 6.45) is 4.12. The lowest BCUT2D eigenvalue weighted by atomic mass is 9.89. The zero-order chi connectivity index (χ0) is 15.1. The number of nitrogens with zero attached hydrogens (tertiary/aromatic N) is 1. The molecule has 1 aliphatic heterocycles. The minimum Gasteiger partial charge on any atom is -0.341 e. The van der Waals surface area contributed by atoms with Crippen LogP contribution in [-0.4, -0.2) is 36.5 Å². The standard InChI is InChI=1S/C17H34N2O/c1-6-10-18-16(14(4)5)12-19-11-9-15(13(2)3)7-8-17(19)20/h13-16,18H,6-12H2,1-5H3. The first-order valence-corrected chi connectivity index (χ1v) is 8.46. The fraction of sp³-hybridized carbons (Fsp3) is 0.941. The van der Waals surface area contributed by atoms with Crippen LogP contribution in [0, 0.1) is 17.8 Å². The Kier molecular flexibility index (Phi) is 7.57. The molecule has 3 nitrogen and oxygen atoms in total. The third kappa shape index (κ3) is 5.43. The third-order valence-corrected chi connectivity index (χ3v) is 4.67. The van der Waals surface area contributed by atoms with Crippen LogP contribution in [0.4, 0.5) is 0 Å². The number of carbonyl (C=O) groups is 1. The molecule has 1 N–H and O–H groups in total. The molecule has 0 radical (unpaired) electrons. The first-order valence-electron chi connectivity index (χ1n) is 8.46. The monoisotopic (exact) mass is 282 g/mol. The summed E-state index contributed by atoms with van der Waals surface area (Å²) < 4.78 is 0. The molecule has 0 aromatic heterocycles. The van der Waals surface area contributed by atoms with Crippen molar-refractivity contribution >= 4 is 5.91 Å². The summed E-state index contributed by atoms with van der Waals surface area (Å²) >= 11 is 0. The predicted octanol–water partition coefficient (Wildman–Crippen LogP) is 3.30. The second-order valence-electron chi connectivity index (χ2n) is 6.98. The zero-order valence-corrected chi connectivity index (χ0v) is 14.1. The summed E-state index contributed by atoms with van der Waals surface area (Å²) in [7, 11) is 0. The summed E-state index contributed by atoms with van der Waals surface area (Å²) in [6, 6.07) is 0.425. The minimum atomic E-state index is 0.358. The summed E-state index contributed by atoms with van der Waals surface area (Å²) in [5.74, 6) is 2.34. The highest BCUT2D eigenvalue weighted by Gasteiger charge is 2.26. The number of hydrogen-bond acceptors (Lipinski definition) is 2. The van der Waals surface area contributed by atoms with E-state index in [-0.39, 0.29) is 0 Å². The molecule has 0 spiro atoms. The molecule has 118 valence electrons. The van der Waals surface area contributed by atoms with Crippen LogP contribution in [0.1, 0.15) is 60.3 Å². The van der Waals surface area contributed by atoms with Gasteiger partial charge in [0, 0.05) is 25.6 Å². The number of hydrogen-bond donors (Lipinski definition) is 1. The molecular formula is C17H34N2O. The van der Waals surface area contributed by atoms with Crippen LogP contribution in [0.2, 0.25) is 0 Å². The van der Waals surface area contributed by atoms with Crippen LogP contribution in [0.25, 0.3) is 0 Å². The molecule has 2 unspecified atom stereocenters. The average Bonchev–Trinajstić information content (AvgIpc) is 2.57. The van der Waals surface area contributed by atoms with Gasteiger partial charge in [-0.15, -0.1) is 0 Å². The molecule has 0 bridgehead atoms. The topological polar surface area (TPSA) is 32.3 Å². The molecule has 1 heterocycles. The Morgan fingerprint density at radius 3 is 2.50 bits per heavy atom. The Labute approximate surface area is 125 Å². The van der Waals surface area contributed by atoms with Crippen LogP contribution in [-0.2, 0) is 4.79 Å². The van der Waals surface area contributed by atoms with Crippen molar-refractivity contribution in [3.63, 3.8) is 0 Å². The van der Waals surface area contributed by atoms with Gasteiger partial charge >= 0.3 is 0 Å². The van der Waals surface area contributed by atoms with Crippen LogP contribution in [0.3, 0.4) is 0 Å². The molecule has 0 saturated carbocycles. The number of nitrogens with one attached hydrogen (secondary N) is 1. The smallest absolute Gasteiger partial charge is 0.222 e. The van der Waals surface area contributed by atoms with Gasteiger partial charge in [0.2, 0.25) is 5.91 Å². The van der Waals surface area contributed by atoms with Gasteiger partial charge in [-0.3, -0.25) is 4.79 Å².